The van der Waals surface area contributed by atoms with Gasteiger partial charge >= 0.3 is 0 Å². The van der Waals surface area contributed by atoms with Gasteiger partial charge in [-0.25, -0.2) is 0 Å². The third-order valence-corrected chi connectivity index (χ3v) is 16.2. The Morgan fingerprint density at radius 1 is 0.933 bits per heavy atom. The molecule has 0 aromatic rings. The Balaban J connectivity index is 2.38. The van der Waals surface area contributed by atoms with E-state index in [1.54, 1.807) is 0 Å². The molecule has 15 heavy (non-hydrogen) atoms. The minimum atomic E-state index is -0.529. The fraction of sp³-hybridized carbons (Fsp3) is 1.00. The summed E-state index contributed by atoms with van der Waals surface area (Å²) in [6.07, 6.45) is 0. The number of hydrogen-bond donors (Lipinski definition) is 0. The van der Waals surface area contributed by atoms with Crippen LogP contribution in [0.5, 0.6) is 0 Å². The smallest absolute Gasteiger partial charge is 0.159 e. The minimum Gasteiger partial charge on any atom is -0.366 e. The Morgan fingerprint density at radius 3 is 1.80 bits per heavy atom. The maximum atomic E-state index is 2.98. The summed E-state index contributed by atoms with van der Waals surface area (Å²) in [7, 11) is 1.11. The predicted molar refractivity (Wildman–Crippen MR) is 77.2 cm³/mol. The van der Waals surface area contributed by atoms with Gasteiger partial charge in [0.2, 0.25) is 0 Å². The van der Waals surface area contributed by atoms with Crippen molar-refractivity contribution in [1.29, 1.82) is 0 Å². The Morgan fingerprint density at radius 2 is 1.40 bits per heavy atom. The lowest BCUT2D eigenvalue weighted by Gasteiger charge is -2.39. The van der Waals surface area contributed by atoms with E-state index in [4.69, 9.17) is 0 Å². The molecule has 3 nitrogen and oxygen atoms in total. The molecule has 0 bridgehead atoms. The second kappa shape index (κ2) is 6.31. The van der Waals surface area contributed by atoms with Crippen LogP contribution in [0.3, 0.4) is 0 Å². The average molecular weight is 262 g/mol. The summed E-state index contributed by atoms with van der Waals surface area (Å²) in [5.41, 5.74) is 0. The molecule has 0 amide bonds. The summed E-state index contributed by atoms with van der Waals surface area (Å²) in [5, 5.41) is 0. The van der Waals surface area contributed by atoms with Crippen molar-refractivity contribution in [3.05, 3.63) is 0 Å². The number of likely N-dealkylation sites (N-methyl/N-ethyl adjacent to an activating group) is 1. The van der Waals surface area contributed by atoms with Crippen LogP contribution in [0.1, 0.15) is 0 Å². The van der Waals surface area contributed by atoms with Gasteiger partial charge in [-0.3, -0.25) is 0 Å². The predicted octanol–water partition coefficient (Wildman–Crippen LogP) is -0.499. The van der Waals surface area contributed by atoms with Gasteiger partial charge in [0.25, 0.3) is 0 Å². The van der Waals surface area contributed by atoms with E-state index in [1.807, 2.05) is 0 Å². The van der Waals surface area contributed by atoms with Crippen LogP contribution in [-0.2, 0) is 0 Å². The molecular formula is C9H27N3Si3. The Labute approximate surface area is 101 Å². The van der Waals surface area contributed by atoms with E-state index in [-0.39, 0.29) is 9.84 Å². The zero-order chi connectivity index (χ0) is 11.4. The summed E-state index contributed by atoms with van der Waals surface area (Å²) in [6, 6.07) is 0. The molecule has 1 rings (SSSR count). The Hall–Kier alpha value is 0.531. The fourth-order valence-corrected chi connectivity index (χ4v) is 11.9. The normalized spacial score (nSPS) is 21.6. The van der Waals surface area contributed by atoms with E-state index >= 15 is 0 Å². The van der Waals surface area contributed by atoms with Gasteiger partial charge in [0, 0.05) is 26.2 Å². The van der Waals surface area contributed by atoms with E-state index in [0.29, 0.717) is 0 Å². The molecule has 6 heteroatoms. The van der Waals surface area contributed by atoms with Gasteiger partial charge in [0.1, 0.15) is 0 Å². The molecule has 0 N–H and O–H groups in total. The molecule has 0 aromatic heterocycles. The highest BCUT2D eigenvalue weighted by Gasteiger charge is 2.21. The highest BCUT2D eigenvalue weighted by molar-refractivity contribution is 6.79. The first-order valence-electron chi connectivity index (χ1n) is 6.17. The third-order valence-electron chi connectivity index (χ3n) is 3.29. The molecule has 0 atom stereocenters. The van der Waals surface area contributed by atoms with Crippen molar-refractivity contribution >= 4 is 27.8 Å². The van der Waals surface area contributed by atoms with Gasteiger partial charge in [-0.05, 0) is 7.05 Å². The molecule has 1 fully saturated rings. The van der Waals surface area contributed by atoms with Crippen molar-refractivity contribution in [3.8, 4) is 0 Å². The highest BCUT2D eigenvalue weighted by Crippen LogP contribution is 2.03. The lowest BCUT2D eigenvalue weighted by molar-refractivity contribution is 0.221. The number of hydrogen-bond acceptors (Lipinski definition) is 3. The van der Waals surface area contributed by atoms with Gasteiger partial charge in [-0.15, -0.1) is 0 Å². The van der Waals surface area contributed by atoms with Crippen LogP contribution in [0.4, 0.5) is 0 Å². The van der Waals surface area contributed by atoms with Crippen LogP contribution < -0.4 is 0 Å². The first kappa shape index (κ1) is 13.6. The molecule has 0 radical (unpaired) electrons. The standard InChI is InChI=1S/C9H27N3Si3/c1-10-6-8-11(9-7-10)13-12(14(2)3)15(4)5/h14-15H,6-9,13H2,1-5H3. The Bertz CT molecular complexity index is 173. The lowest BCUT2D eigenvalue weighted by atomic mass is 10.4. The maximum Gasteiger partial charge on any atom is 0.159 e. The van der Waals surface area contributed by atoms with Crippen molar-refractivity contribution in [2.24, 2.45) is 0 Å². The first-order valence-corrected chi connectivity index (χ1v) is 13.1. The fourth-order valence-electron chi connectivity index (χ4n) is 2.14. The van der Waals surface area contributed by atoms with Crippen LogP contribution in [0, 0.1) is 0 Å². The van der Waals surface area contributed by atoms with Crippen molar-refractivity contribution in [3.63, 3.8) is 0 Å². The van der Waals surface area contributed by atoms with Crippen LogP contribution in [0.25, 0.3) is 0 Å². The summed E-state index contributed by atoms with van der Waals surface area (Å²) in [4.78, 5) is 2.45. The molecule has 0 aliphatic carbocycles. The van der Waals surface area contributed by atoms with E-state index in [9.17, 15) is 0 Å². The topological polar surface area (TPSA) is 9.72 Å². The molecule has 1 saturated heterocycles. The average Bonchev–Trinajstić information content (AvgIpc) is 2.15. The molecule has 90 valence electrons. The second-order valence-corrected chi connectivity index (χ2v) is 14.9. The van der Waals surface area contributed by atoms with Crippen molar-refractivity contribution in [1.82, 2.24) is 13.4 Å². The monoisotopic (exact) mass is 261 g/mol. The molecule has 1 heterocycles. The SMILES string of the molecule is CN1CCN([SiH2]N([SiH](C)C)[SiH](C)C)CC1. The summed E-state index contributed by atoms with van der Waals surface area (Å²) >= 11 is 0. The molecule has 0 saturated carbocycles. The van der Waals surface area contributed by atoms with Crippen LogP contribution in [-0.4, -0.2) is 74.3 Å². The molecular weight excluding hydrogens is 234 g/mol. The summed E-state index contributed by atoms with van der Waals surface area (Å²) < 4.78 is 5.76. The van der Waals surface area contributed by atoms with E-state index in [2.05, 4.69) is 46.6 Å². The summed E-state index contributed by atoms with van der Waals surface area (Å²) in [6.45, 7) is 15.2. The van der Waals surface area contributed by atoms with E-state index < -0.39 is 17.9 Å². The van der Waals surface area contributed by atoms with Crippen molar-refractivity contribution in [2.75, 3.05) is 33.2 Å². The largest absolute Gasteiger partial charge is 0.366 e. The third kappa shape index (κ3) is 4.49. The minimum absolute atomic E-state index is 0.0746. The number of rotatable bonds is 4. The zero-order valence-corrected chi connectivity index (χ0v) is 14.8. The highest BCUT2D eigenvalue weighted by atomic mass is 28.4. The zero-order valence-electron chi connectivity index (χ0n) is 11.0. The van der Waals surface area contributed by atoms with Gasteiger partial charge < -0.3 is 13.4 Å². The van der Waals surface area contributed by atoms with E-state index in [0.717, 1.165) is 0 Å². The van der Waals surface area contributed by atoms with Crippen molar-refractivity contribution < 1.29 is 0 Å². The quantitative estimate of drug-likeness (QED) is 0.632. The summed E-state index contributed by atoms with van der Waals surface area (Å²) in [5.74, 6) is 0. The van der Waals surface area contributed by atoms with Crippen molar-refractivity contribution in [2.45, 2.75) is 26.2 Å². The second-order valence-electron chi connectivity index (χ2n) is 5.26. The maximum absolute atomic E-state index is 2.98. The molecule has 1 aliphatic rings. The lowest BCUT2D eigenvalue weighted by Crippen LogP contribution is -2.56. The van der Waals surface area contributed by atoms with Crippen LogP contribution in [0.2, 0.25) is 26.2 Å². The Kier molecular flexibility index (Phi) is 5.72. The van der Waals surface area contributed by atoms with Gasteiger partial charge in [0.05, 0.1) is 17.9 Å². The van der Waals surface area contributed by atoms with Crippen LogP contribution >= 0.6 is 0 Å². The first-order chi connectivity index (χ1) is 7.00. The number of piperazine rings is 1. The van der Waals surface area contributed by atoms with Gasteiger partial charge in [-0.1, -0.05) is 26.2 Å². The molecule has 0 unspecified atom stereocenters. The van der Waals surface area contributed by atoms with E-state index in [1.165, 1.54) is 26.2 Å². The molecule has 0 spiro atoms. The number of nitrogens with zero attached hydrogens (tertiary/aromatic N) is 3. The molecule has 0 aromatic carbocycles. The molecule has 1 aliphatic heterocycles. The van der Waals surface area contributed by atoms with Gasteiger partial charge in [-0.2, -0.15) is 0 Å². The van der Waals surface area contributed by atoms with Crippen LogP contribution in [0.15, 0.2) is 0 Å². The van der Waals surface area contributed by atoms with Gasteiger partial charge in [0.15, 0.2) is 9.84 Å².